The number of carbonyl (C=O) groups excluding carboxylic acids is 1. The molecule has 0 saturated carbocycles. The Kier molecular flexibility index (Phi) is 4.31. The lowest BCUT2D eigenvalue weighted by atomic mass is 9.90. The number of nitrogens with two attached hydrogens (primary N) is 2. The third-order valence-electron chi connectivity index (χ3n) is 3.22. The summed E-state index contributed by atoms with van der Waals surface area (Å²) >= 11 is 0. The van der Waals surface area contributed by atoms with Crippen molar-refractivity contribution in [2.24, 2.45) is 11.5 Å². The van der Waals surface area contributed by atoms with Gasteiger partial charge < -0.3 is 11.5 Å². The van der Waals surface area contributed by atoms with Crippen LogP contribution >= 0.6 is 0 Å². The Labute approximate surface area is 113 Å². The Morgan fingerprint density at radius 3 is 2.32 bits per heavy atom. The van der Waals surface area contributed by atoms with E-state index in [2.05, 4.69) is 0 Å². The second-order valence-electron chi connectivity index (χ2n) is 4.59. The molecule has 0 radical (unpaired) electrons. The van der Waals surface area contributed by atoms with Gasteiger partial charge in [0.15, 0.2) is 0 Å². The van der Waals surface area contributed by atoms with E-state index in [0.29, 0.717) is 13.0 Å². The predicted molar refractivity (Wildman–Crippen MR) is 76.4 cm³/mol. The first-order chi connectivity index (χ1) is 9.20. The van der Waals surface area contributed by atoms with Crippen molar-refractivity contribution in [3.63, 3.8) is 0 Å². The quantitative estimate of drug-likeness (QED) is 0.856. The Morgan fingerprint density at radius 2 is 1.68 bits per heavy atom. The lowest BCUT2D eigenvalue weighted by molar-refractivity contribution is -0.119. The number of amides is 1. The minimum absolute atomic E-state index is 0.307. The third-order valence-corrected chi connectivity index (χ3v) is 3.22. The standard InChI is InChI=1S/C16H18N2O/c17-11-13-7-4-8-14(9-13)15(16(18)19)10-12-5-2-1-3-6-12/h1-9,15H,10-11,17H2,(H2,18,19). The van der Waals surface area contributed by atoms with E-state index in [1.807, 2.05) is 54.6 Å². The van der Waals surface area contributed by atoms with Crippen molar-refractivity contribution in [3.05, 3.63) is 71.3 Å². The summed E-state index contributed by atoms with van der Waals surface area (Å²) in [5.41, 5.74) is 14.2. The smallest absolute Gasteiger partial charge is 0.225 e. The summed E-state index contributed by atoms with van der Waals surface area (Å²) in [4.78, 5) is 11.7. The fourth-order valence-corrected chi connectivity index (χ4v) is 2.17. The monoisotopic (exact) mass is 254 g/mol. The summed E-state index contributed by atoms with van der Waals surface area (Å²) in [6.07, 6.45) is 0.615. The van der Waals surface area contributed by atoms with E-state index in [1.165, 1.54) is 0 Å². The van der Waals surface area contributed by atoms with Gasteiger partial charge in [-0.15, -0.1) is 0 Å². The van der Waals surface area contributed by atoms with Crippen LogP contribution in [0.25, 0.3) is 0 Å². The molecular weight excluding hydrogens is 236 g/mol. The highest BCUT2D eigenvalue weighted by Gasteiger charge is 2.18. The molecule has 0 spiro atoms. The molecule has 0 fully saturated rings. The van der Waals surface area contributed by atoms with Crippen molar-refractivity contribution in [1.29, 1.82) is 0 Å². The Bertz CT molecular complexity index is 552. The molecule has 2 rings (SSSR count). The molecule has 0 aliphatic heterocycles. The van der Waals surface area contributed by atoms with Crippen molar-refractivity contribution in [2.75, 3.05) is 0 Å². The molecule has 3 heteroatoms. The SMILES string of the molecule is NCc1cccc(C(Cc2ccccc2)C(N)=O)c1. The topological polar surface area (TPSA) is 69.1 Å². The van der Waals surface area contributed by atoms with Gasteiger partial charge in [-0.3, -0.25) is 4.79 Å². The molecule has 0 aliphatic carbocycles. The molecule has 1 unspecified atom stereocenters. The fourth-order valence-electron chi connectivity index (χ4n) is 2.17. The Morgan fingerprint density at radius 1 is 1.00 bits per heavy atom. The zero-order valence-corrected chi connectivity index (χ0v) is 10.8. The number of hydrogen-bond donors (Lipinski definition) is 2. The minimum Gasteiger partial charge on any atom is -0.369 e. The van der Waals surface area contributed by atoms with Crippen molar-refractivity contribution >= 4 is 5.91 Å². The summed E-state index contributed by atoms with van der Waals surface area (Å²) < 4.78 is 0. The van der Waals surface area contributed by atoms with Crippen LogP contribution in [0.1, 0.15) is 22.6 Å². The molecule has 1 atom stereocenters. The first-order valence-electron chi connectivity index (χ1n) is 6.33. The van der Waals surface area contributed by atoms with Crippen LogP contribution < -0.4 is 11.5 Å². The van der Waals surface area contributed by atoms with Crippen LogP contribution in [0.15, 0.2) is 54.6 Å². The van der Waals surface area contributed by atoms with Crippen LogP contribution in [0.4, 0.5) is 0 Å². The molecule has 98 valence electrons. The Balaban J connectivity index is 2.27. The number of primary amides is 1. The maximum absolute atomic E-state index is 11.7. The van der Waals surface area contributed by atoms with E-state index in [0.717, 1.165) is 16.7 Å². The van der Waals surface area contributed by atoms with Crippen LogP contribution in [0.5, 0.6) is 0 Å². The van der Waals surface area contributed by atoms with Gasteiger partial charge in [0, 0.05) is 6.54 Å². The normalized spacial score (nSPS) is 12.1. The van der Waals surface area contributed by atoms with E-state index in [9.17, 15) is 4.79 Å². The first-order valence-corrected chi connectivity index (χ1v) is 6.33. The molecule has 0 saturated heterocycles. The van der Waals surface area contributed by atoms with E-state index in [-0.39, 0.29) is 11.8 Å². The van der Waals surface area contributed by atoms with Gasteiger partial charge in [0.05, 0.1) is 5.92 Å². The van der Waals surface area contributed by atoms with Gasteiger partial charge in [-0.1, -0.05) is 54.6 Å². The molecule has 0 aliphatic rings. The van der Waals surface area contributed by atoms with Crippen molar-refractivity contribution < 1.29 is 4.79 Å². The van der Waals surface area contributed by atoms with Gasteiger partial charge in [-0.2, -0.15) is 0 Å². The molecule has 0 aromatic heterocycles. The molecule has 1 amide bonds. The van der Waals surface area contributed by atoms with Crippen LogP contribution in [0, 0.1) is 0 Å². The van der Waals surface area contributed by atoms with Gasteiger partial charge in [0.1, 0.15) is 0 Å². The molecule has 4 N–H and O–H groups in total. The van der Waals surface area contributed by atoms with Crippen LogP contribution in [0.3, 0.4) is 0 Å². The number of benzene rings is 2. The van der Waals surface area contributed by atoms with Crippen molar-refractivity contribution in [2.45, 2.75) is 18.9 Å². The number of hydrogen-bond acceptors (Lipinski definition) is 2. The molecule has 0 heterocycles. The van der Waals surface area contributed by atoms with Gasteiger partial charge in [-0.05, 0) is 23.1 Å². The number of carbonyl (C=O) groups is 1. The lowest BCUT2D eigenvalue weighted by Crippen LogP contribution is -2.23. The van der Waals surface area contributed by atoms with Crippen LogP contribution in [-0.4, -0.2) is 5.91 Å². The zero-order chi connectivity index (χ0) is 13.7. The summed E-state index contributed by atoms with van der Waals surface area (Å²) in [5.74, 6) is -0.619. The highest BCUT2D eigenvalue weighted by Crippen LogP contribution is 2.21. The third kappa shape index (κ3) is 3.42. The second-order valence-corrected chi connectivity index (χ2v) is 4.59. The lowest BCUT2D eigenvalue weighted by Gasteiger charge is -2.15. The maximum atomic E-state index is 11.7. The summed E-state index contributed by atoms with van der Waals surface area (Å²) in [5, 5.41) is 0. The van der Waals surface area contributed by atoms with E-state index in [1.54, 1.807) is 0 Å². The molecule has 2 aromatic carbocycles. The average Bonchev–Trinajstić information content (AvgIpc) is 2.45. The van der Waals surface area contributed by atoms with Crippen LogP contribution in [-0.2, 0) is 17.8 Å². The van der Waals surface area contributed by atoms with E-state index >= 15 is 0 Å². The molecular formula is C16H18N2O. The van der Waals surface area contributed by atoms with Crippen molar-refractivity contribution in [1.82, 2.24) is 0 Å². The first kappa shape index (κ1) is 13.3. The minimum atomic E-state index is -0.311. The Hall–Kier alpha value is -2.13. The summed E-state index contributed by atoms with van der Waals surface area (Å²) in [6.45, 7) is 0.463. The summed E-state index contributed by atoms with van der Waals surface area (Å²) in [7, 11) is 0. The van der Waals surface area contributed by atoms with E-state index < -0.39 is 0 Å². The molecule has 19 heavy (non-hydrogen) atoms. The molecule has 2 aromatic rings. The molecule has 0 bridgehead atoms. The largest absolute Gasteiger partial charge is 0.369 e. The van der Waals surface area contributed by atoms with Crippen LogP contribution in [0.2, 0.25) is 0 Å². The second kappa shape index (κ2) is 6.16. The predicted octanol–water partition coefficient (Wildman–Crippen LogP) is 1.96. The average molecular weight is 254 g/mol. The zero-order valence-electron chi connectivity index (χ0n) is 10.8. The van der Waals surface area contributed by atoms with E-state index in [4.69, 9.17) is 11.5 Å². The van der Waals surface area contributed by atoms with Gasteiger partial charge in [0.25, 0.3) is 0 Å². The molecule has 3 nitrogen and oxygen atoms in total. The van der Waals surface area contributed by atoms with Gasteiger partial charge in [0.2, 0.25) is 5.91 Å². The highest BCUT2D eigenvalue weighted by molar-refractivity contribution is 5.82. The van der Waals surface area contributed by atoms with Crippen molar-refractivity contribution in [3.8, 4) is 0 Å². The van der Waals surface area contributed by atoms with Gasteiger partial charge in [-0.25, -0.2) is 0 Å². The highest BCUT2D eigenvalue weighted by atomic mass is 16.1. The van der Waals surface area contributed by atoms with Gasteiger partial charge >= 0.3 is 0 Å². The fraction of sp³-hybridized carbons (Fsp3) is 0.188. The maximum Gasteiger partial charge on any atom is 0.225 e. The number of rotatable bonds is 5. The summed E-state index contributed by atoms with van der Waals surface area (Å²) in [6, 6.07) is 17.6.